The van der Waals surface area contributed by atoms with Crippen LogP contribution in [0.25, 0.3) is 17.0 Å². The summed E-state index contributed by atoms with van der Waals surface area (Å²) in [5.74, 6) is -2.66. The third-order valence-electron chi connectivity index (χ3n) is 6.93. The van der Waals surface area contributed by atoms with Gasteiger partial charge in [-0.2, -0.15) is 0 Å². The highest BCUT2D eigenvalue weighted by molar-refractivity contribution is 6.74. The fourth-order valence-electron chi connectivity index (χ4n) is 3.77. The van der Waals surface area contributed by atoms with Crippen LogP contribution in [0.15, 0.2) is 48.3 Å². The van der Waals surface area contributed by atoms with Crippen molar-refractivity contribution in [3.8, 4) is 0 Å². The number of rotatable bonds is 6. The number of aromatic amines is 1. The molecule has 0 saturated carbocycles. The Morgan fingerprint density at radius 1 is 1.11 bits per heavy atom. The molecular formula is C26H28ClF2N3O3Si. The molecule has 0 radical (unpaired) electrons. The van der Waals surface area contributed by atoms with Crippen LogP contribution < -0.4 is 5.32 Å². The van der Waals surface area contributed by atoms with E-state index in [2.05, 4.69) is 31.1 Å². The number of nitrogens with zero attached hydrogens (tertiary/aromatic N) is 1. The second kappa shape index (κ2) is 9.46. The van der Waals surface area contributed by atoms with Gasteiger partial charge in [0.25, 0.3) is 5.91 Å². The molecule has 190 valence electrons. The summed E-state index contributed by atoms with van der Waals surface area (Å²) < 4.78 is 34.1. The third-order valence-corrected chi connectivity index (χ3v) is 11.7. The molecule has 3 amide bonds. The van der Waals surface area contributed by atoms with Crippen molar-refractivity contribution in [1.82, 2.24) is 15.2 Å². The lowest BCUT2D eigenvalue weighted by molar-refractivity contribution is -0.125. The average molecular weight is 532 g/mol. The third kappa shape index (κ3) is 4.96. The van der Waals surface area contributed by atoms with Gasteiger partial charge in [-0.25, -0.2) is 18.5 Å². The molecule has 1 aliphatic rings. The number of imide groups is 1. The Morgan fingerprint density at radius 3 is 2.50 bits per heavy atom. The SMILES string of the molecule is CC(C)(C)[Si](C)(C)OCC(c1ccc(F)c(F)c1)N1C(=O)N/C(=C\c2c[nH]c3cc(Cl)ccc23)C1=O. The summed E-state index contributed by atoms with van der Waals surface area (Å²) in [5, 5.41) is 3.88. The van der Waals surface area contributed by atoms with E-state index >= 15 is 0 Å². The fraction of sp³-hybridized carbons (Fsp3) is 0.308. The van der Waals surface area contributed by atoms with Crippen LogP contribution in [0.3, 0.4) is 0 Å². The standard InChI is InChI=1S/C26H28ClF2N3O3Si/c1-26(2,3)36(4,5)35-14-23(15-6-9-19(28)20(29)10-15)32-24(33)22(31-25(32)34)11-16-13-30-21-12-17(27)7-8-18(16)21/h6-13,23,30H,14H2,1-5H3,(H,31,34)/b22-11-. The van der Waals surface area contributed by atoms with E-state index in [9.17, 15) is 18.4 Å². The van der Waals surface area contributed by atoms with E-state index in [0.717, 1.165) is 27.9 Å². The normalized spacial score (nSPS) is 16.8. The van der Waals surface area contributed by atoms with Crippen LogP contribution in [-0.4, -0.2) is 36.7 Å². The molecule has 10 heteroatoms. The number of nitrogens with one attached hydrogen (secondary N) is 2. The first kappa shape index (κ1) is 26.1. The molecule has 4 rings (SSSR count). The van der Waals surface area contributed by atoms with E-state index in [4.69, 9.17) is 16.0 Å². The van der Waals surface area contributed by atoms with Crippen molar-refractivity contribution in [2.75, 3.05) is 6.61 Å². The second-order valence-corrected chi connectivity index (χ2v) is 15.6. The largest absolute Gasteiger partial charge is 0.414 e. The van der Waals surface area contributed by atoms with Gasteiger partial charge in [0.05, 0.1) is 12.6 Å². The van der Waals surface area contributed by atoms with Gasteiger partial charge >= 0.3 is 6.03 Å². The van der Waals surface area contributed by atoms with Gasteiger partial charge in [0.15, 0.2) is 20.0 Å². The van der Waals surface area contributed by atoms with Crippen LogP contribution in [-0.2, 0) is 9.22 Å². The molecular weight excluding hydrogens is 504 g/mol. The van der Waals surface area contributed by atoms with E-state index in [0.29, 0.717) is 10.6 Å². The van der Waals surface area contributed by atoms with Gasteiger partial charge in [-0.1, -0.05) is 44.5 Å². The molecule has 3 aromatic rings. The molecule has 1 fully saturated rings. The summed E-state index contributed by atoms with van der Waals surface area (Å²) in [6.45, 7) is 10.2. The summed E-state index contributed by atoms with van der Waals surface area (Å²) in [5.41, 5.74) is 1.80. The number of fused-ring (bicyclic) bond motifs is 1. The number of urea groups is 1. The minimum absolute atomic E-state index is 0.0421. The smallest absolute Gasteiger partial charge is 0.329 e. The quantitative estimate of drug-likeness (QED) is 0.210. The summed E-state index contributed by atoms with van der Waals surface area (Å²) in [6.07, 6.45) is 3.29. The lowest BCUT2D eigenvalue weighted by atomic mass is 10.1. The van der Waals surface area contributed by atoms with Crippen molar-refractivity contribution in [2.24, 2.45) is 0 Å². The van der Waals surface area contributed by atoms with Crippen LogP contribution >= 0.6 is 11.6 Å². The van der Waals surface area contributed by atoms with Crippen molar-refractivity contribution < 1.29 is 22.8 Å². The van der Waals surface area contributed by atoms with Crippen LogP contribution in [0.4, 0.5) is 13.6 Å². The van der Waals surface area contributed by atoms with Gasteiger partial charge in [-0.15, -0.1) is 0 Å². The summed E-state index contributed by atoms with van der Waals surface area (Å²) in [7, 11) is -2.29. The zero-order valence-electron chi connectivity index (χ0n) is 20.7. The van der Waals surface area contributed by atoms with Crippen molar-refractivity contribution >= 4 is 48.8 Å². The number of amides is 3. The molecule has 0 spiro atoms. The van der Waals surface area contributed by atoms with Crippen molar-refractivity contribution in [1.29, 1.82) is 0 Å². The zero-order valence-corrected chi connectivity index (χ0v) is 22.5. The number of halogens is 3. The predicted octanol–water partition coefficient (Wildman–Crippen LogP) is 6.76. The van der Waals surface area contributed by atoms with Crippen molar-refractivity contribution in [3.63, 3.8) is 0 Å². The lowest BCUT2D eigenvalue weighted by Crippen LogP contribution is -2.45. The number of H-pyrrole nitrogens is 1. The molecule has 1 saturated heterocycles. The Labute approximate surface area is 214 Å². The Balaban J connectivity index is 1.70. The minimum atomic E-state index is -2.29. The van der Waals surface area contributed by atoms with E-state index < -0.39 is 37.9 Å². The van der Waals surface area contributed by atoms with Crippen LogP contribution in [0.1, 0.15) is 37.9 Å². The Bertz CT molecular complexity index is 1380. The Hall–Kier alpha value is -3.01. The van der Waals surface area contributed by atoms with E-state index in [1.807, 2.05) is 19.2 Å². The van der Waals surface area contributed by atoms with Crippen molar-refractivity contribution in [3.05, 3.63) is 76.1 Å². The molecule has 6 nitrogen and oxygen atoms in total. The first-order valence-corrected chi connectivity index (χ1v) is 14.8. The van der Waals surface area contributed by atoms with Gasteiger partial charge in [0, 0.05) is 27.7 Å². The first-order valence-electron chi connectivity index (χ1n) is 11.5. The zero-order chi connectivity index (χ0) is 26.4. The summed E-state index contributed by atoms with van der Waals surface area (Å²) in [4.78, 5) is 30.6. The summed E-state index contributed by atoms with van der Waals surface area (Å²) in [6, 6.07) is 7.05. The number of hydrogen-bond donors (Lipinski definition) is 2. The molecule has 1 aliphatic heterocycles. The molecule has 0 bridgehead atoms. The van der Waals surface area contributed by atoms with Gasteiger partial charge in [0.2, 0.25) is 0 Å². The maximum Gasteiger partial charge on any atom is 0.329 e. The van der Waals surface area contributed by atoms with E-state index in [1.165, 1.54) is 6.07 Å². The van der Waals surface area contributed by atoms with Crippen molar-refractivity contribution in [2.45, 2.75) is 44.9 Å². The molecule has 0 aliphatic carbocycles. The molecule has 2 aromatic carbocycles. The molecule has 1 aromatic heterocycles. The first-order chi connectivity index (χ1) is 16.8. The topological polar surface area (TPSA) is 74.4 Å². The Kier molecular flexibility index (Phi) is 6.85. The fourth-order valence-corrected chi connectivity index (χ4v) is 4.95. The van der Waals surface area contributed by atoms with Gasteiger partial charge < -0.3 is 14.7 Å². The number of carbonyl (C=O) groups excluding carboxylic acids is 2. The Morgan fingerprint density at radius 2 is 1.83 bits per heavy atom. The van der Waals surface area contributed by atoms with Gasteiger partial charge in [0.1, 0.15) is 5.70 Å². The molecule has 36 heavy (non-hydrogen) atoms. The van der Waals surface area contributed by atoms with Gasteiger partial charge in [-0.3, -0.25) is 4.79 Å². The number of hydrogen-bond acceptors (Lipinski definition) is 3. The molecule has 2 N–H and O–H groups in total. The average Bonchev–Trinajstić information content (AvgIpc) is 3.30. The second-order valence-electron chi connectivity index (χ2n) is 10.4. The highest BCUT2D eigenvalue weighted by Gasteiger charge is 2.43. The predicted molar refractivity (Wildman–Crippen MR) is 139 cm³/mol. The molecule has 2 heterocycles. The minimum Gasteiger partial charge on any atom is -0.414 e. The number of benzene rings is 2. The number of carbonyl (C=O) groups is 2. The lowest BCUT2D eigenvalue weighted by Gasteiger charge is -2.38. The summed E-state index contributed by atoms with van der Waals surface area (Å²) >= 11 is 6.05. The van der Waals surface area contributed by atoms with E-state index in [-0.39, 0.29) is 22.9 Å². The molecule has 1 unspecified atom stereocenters. The molecule has 1 atom stereocenters. The van der Waals surface area contributed by atoms with Crippen LogP contribution in [0.5, 0.6) is 0 Å². The van der Waals surface area contributed by atoms with Gasteiger partial charge in [-0.05, 0) is 54.0 Å². The maximum atomic E-state index is 14.2. The van der Waals surface area contributed by atoms with Crippen LogP contribution in [0.2, 0.25) is 23.2 Å². The number of aromatic nitrogens is 1. The van der Waals surface area contributed by atoms with Crippen LogP contribution in [0, 0.1) is 11.6 Å². The highest BCUT2D eigenvalue weighted by atomic mass is 35.5. The monoisotopic (exact) mass is 531 g/mol. The van der Waals surface area contributed by atoms with E-state index in [1.54, 1.807) is 24.4 Å². The maximum absolute atomic E-state index is 14.2. The highest BCUT2D eigenvalue weighted by Crippen LogP contribution is 2.38.